The topological polar surface area (TPSA) is 97.0 Å². The molecule has 2 aromatic carbocycles. The number of benzene rings is 2. The van der Waals surface area contributed by atoms with E-state index in [2.05, 4.69) is 24.5 Å². The first kappa shape index (κ1) is 27.8. The SMILES string of the molecule is COc1cccc(CN2C(=O)[C@H]3C(C(=O)Nc4ccc(Cl)cc4)[C@H]4C=CC3(O4)C2C(=O)NC2CCCC(C)C2C)c1. The van der Waals surface area contributed by atoms with Gasteiger partial charge in [-0.05, 0) is 60.2 Å². The largest absolute Gasteiger partial charge is 0.497 e. The summed E-state index contributed by atoms with van der Waals surface area (Å²) in [5.74, 6) is -0.942. The summed E-state index contributed by atoms with van der Waals surface area (Å²) in [6.07, 6.45) is 6.16. The predicted octanol–water partition coefficient (Wildman–Crippen LogP) is 4.58. The Morgan fingerprint density at radius 1 is 1.12 bits per heavy atom. The molecule has 8 atom stereocenters. The van der Waals surface area contributed by atoms with Gasteiger partial charge in [-0.1, -0.05) is 62.6 Å². The Morgan fingerprint density at radius 3 is 2.66 bits per heavy atom. The second-order valence-electron chi connectivity index (χ2n) is 11.9. The van der Waals surface area contributed by atoms with Gasteiger partial charge in [0.1, 0.15) is 17.4 Å². The fourth-order valence-corrected chi connectivity index (χ4v) is 7.34. The number of amides is 3. The number of ether oxygens (including phenoxy) is 2. The molecule has 6 unspecified atom stereocenters. The smallest absolute Gasteiger partial charge is 0.246 e. The highest BCUT2D eigenvalue weighted by Gasteiger charge is 2.72. The van der Waals surface area contributed by atoms with Gasteiger partial charge < -0.3 is 25.0 Å². The van der Waals surface area contributed by atoms with E-state index in [0.717, 1.165) is 24.8 Å². The first-order valence-corrected chi connectivity index (χ1v) is 14.8. The number of nitrogens with one attached hydrogen (secondary N) is 2. The molecule has 8 nitrogen and oxygen atoms in total. The molecule has 3 amide bonds. The summed E-state index contributed by atoms with van der Waals surface area (Å²) in [5, 5.41) is 6.78. The first-order valence-electron chi connectivity index (χ1n) is 14.4. The van der Waals surface area contributed by atoms with Gasteiger partial charge >= 0.3 is 0 Å². The van der Waals surface area contributed by atoms with Gasteiger partial charge in [0.15, 0.2) is 0 Å². The number of carbonyl (C=O) groups is 3. The monoisotopic (exact) mass is 577 g/mol. The summed E-state index contributed by atoms with van der Waals surface area (Å²) in [5.41, 5.74) is 0.178. The molecule has 2 N–H and O–H groups in total. The highest BCUT2D eigenvalue weighted by molar-refractivity contribution is 6.30. The van der Waals surface area contributed by atoms with Crippen LogP contribution in [0.5, 0.6) is 5.75 Å². The summed E-state index contributed by atoms with van der Waals surface area (Å²) in [4.78, 5) is 43.7. The number of hydrogen-bond donors (Lipinski definition) is 2. The summed E-state index contributed by atoms with van der Waals surface area (Å²) < 4.78 is 11.9. The van der Waals surface area contributed by atoms with Crippen LogP contribution in [0.25, 0.3) is 0 Å². The van der Waals surface area contributed by atoms with E-state index < -0.39 is 29.6 Å². The number of fused-ring (bicyclic) bond motifs is 1. The van der Waals surface area contributed by atoms with E-state index in [1.165, 1.54) is 0 Å². The van der Waals surface area contributed by atoms with Crippen molar-refractivity contribution >= 4 is 35.0 Å². The van der Waals surface area contributed by atoms with E-state index in [9.17, 15) is 14.4 Å². The first-order chi connectivity index (χ1) is 19.7. The Bertz CT molecular complexity index is 1380. The number of carbonyl (C=O) groups excluding carboxylic acids is 3. The van der Waals surface area contributed by atoms with Crippen molar-refractivity contribution < 1.29 is 23.9 Å². The molecule has 9 heteroatoms. The van der Waals surface area contributed by atoms with Crippen LogP contribution in [0.2, 0.25) is 5.02 Å². The van der Waals surface area contributed by atoms with Crippen LogP contribution in [-0.4, -0.2) is 53.5 Å². The molecule has 1 aliphatic carbocycles. The molecule has 3 heterocycles. The quantitative estimate of drug-likeness (QED) is 0.470. The van der Waals surface area contributed by atoms with Crippen molar-refractivity contribution in [1.82, 2.24) is 10.2 Å². The molecule has 2 bridgehead atoms. The van der Waals surface area contributed by atoms with Crippen molar-refractivity contribution in [2.75, 3.05) is 12.4 Å². The lowest BCUT2D eigenvalue weighted by Gasteiger charge is -2.38. The van der Waals surface area contributed by atoms with Gasteiger partial charge in [0.2, 0.25) is 17.7 Å². The van der Waals surface area contributed by atoms with E-state index in [-0.39, 0.29) is 30.3 Å². The van der Waals surface area contributed by atoms with E-state index in [1.54, 1.807) is 36.3 Å². The Labute approximate surface area is 245 Å². The van der Waals surface area contributed by atoms with Gasteiger partial charge in [-0.3, -0.25) is 14.4 Å². The summed E-state index contributed by atoms with van der Waals surface area (Å²) >= 11 is 6.01. The molecule has 2 saturated heterocycles. The normalized spacial score (nSPS) is 33.5. The van der Waals surface area contributed by atoms with Gasteiger partial charge in [0.25, 0.3) is 0 Å². The fourth-order valence-electron chi connectivity index (χ4n) is 7.21. The fraction of sp³-hybridized carbons (Fsp3) is 0.469. The Kier molecular flexibility index (Phi) is 7.32. The molecule has 1 saturated carbocycles. The van der Waals surface area contributed by atoms with E-state index in [4.69, 9.17) is 21.1 Å². The molecule has 2 aromatic rings. The van der Waals surface area contributed by atoms with Crippen LogP contribution in [0, 0.1) is 23.7 Å². The third kappa shape index (κ3) is 4.81. The van der Waals surface area contributed by atoms with Crippen LogP contribution in [0.1, 0.15) is 38.7 Å². The third-order valence-electron chi connectivity index (χ3n) is 9.56. The highest BCUT2D eigenvalue weighted by Crippen LogP contribution is 2.55. The number of hydrogen-bond acceptors (Lipinski definition) is 5. The molecular formula is C32H36ClN3O5. The zero-order valence-corrected chi connectivity index (χ0v) is 24.3. The predicted molar refractivity (Wildman–Crippen MR) is 155 cm³/mol. The molecule has 216 valence electrons. The van der Waals surface area contributed by atoms with Gasteiger partial charge in [-0.2, -0.15) is 0 Å². The van der Waals surface area contributed by atoms with Gasteiger partial charge in [0.05, 0.1) is 25.0 Å². The minimum Gasteiger partial charge on any atom is -0.497 e. The number of likely N-dealkylation sites (tertiary alicyclic amines) is 1. The van der Waals surface area contributed by atoms with Crippen LogP contribution in [0.4, 0.5) is 5.69 Å². The van der Waals surface area contributed by atoms with Crippen molar-refractivity contribution in [3.05, 3.63) is 71.3 Å². The maximum atomic E-state index is 14.3. The number of rotatable bonds is 7. The second-order valence-corrected chi connectivity index (χ2v) is 12.3. The second kappa shape index (κ2) is 10.8. The van der Waals surface area contributed by atoms with Crippen LogP contribution in [0.15, 0.2) is 60.7 Å². The van der Waals surface area contributed by atoms with Crippen LogP contribution in [0.3, 0.4) is 0 Å². The van der Waals surface area contributed by atoms with E-state index >= 15 is 0 Å². The average molecular weight is 578 g/mol. The standard InChI is InChI=1S/C32H36ClN3O5/c1-18-6-4-9-24(19(18)2)35-30(38)28-32-15-14-25(41-32)26(29(37)34-22-12-10-21(33)11-13-22)27(32)31(39)36(28)17-20-7-5-8-23(16-20)40-3/h5,7-8,10-16,18-19,24-28H,4,6,9,17H2,1-3H3,(H,34,37)(H,35,38)/t18?,19?,24?,25-,26?,27-,28?,32?/m1/s1. The van der Waals surface area contributed by atoms with Gasteiger partial charge in [0, 0.05) is 23.3 Å². The molecule has 6 rings (SSSR count). The maximum absolute atomic E-state index is 14.3. The Morgan fingerprint density at radius 2 is 1.90 bits per heavy atom. The lowest BCUT2D eigenvalue weighted by atomic mass is 9.73. The minimum absolute atomic E-state index is 0.0158. The lowest BCUT2D eigenvalue weighted by molar-refractivity contribution is -0.142. The van der Waals surface area contributed by atoms with Crippen molar-refractivity contribution in [1.29, 1.82) is 0 Å². The number of anilines is 1. The molecule has 3 aliphatic heterocycles. The lowest BCUT2D eigenvalue weighted by Crippen LogP contribution is -2.57. The molecule has 3 fully saturated rings. The average Bonchev–Trinajstić information content (AvgIpc) is 3.60. The van der Waals surface area contributed by atoms with Gasteiger partial charge in [-0.15, -0.1) is 0 Å². The highest BCUT2D eigenvalue weighted by atomic mass is 35.5. The Balaban J connectivity index is 1.33. The molecule has 0 aromatic heterocycles. The van der Waals surface area contributed by atoms with Gasteiger partial charge in [-0.25, -0.2) is 0 Å². The maximum Gasteiger partial charge on any atom is 0.246 e. The van der Waals surface area contributed by atoms with Crippen LogP contribution in [-0.2, 0) is 25.7 Å². The molecular weight excluding hydrogens is 542 g/mol. The van der Waals surface area contributed by atoms with E-state index in [0.29, 0.717) is 28.3 Å². The molecule has 4 aliphatic rings. The summed E-state index contributed by atoms with van der Waals surface area (Å²) in [6.45, 7) is 4.59. The van der Waals surface area contributed by atoms with Crippen LogP contribution < -0.4 is 15.4 Å². The van der Waals surface area contributed by atoms with Crippen molar-refractivity contribution in [3.8, 4) is 5.75 Å². The summed E-state index contributed by atoms with van der Waals surface area (Å²) in [7, 11) is 1.59. The van der Waals surface area contributed by atoms with E-state index in [1.807, 2.05) is 36.4 Å². The number of methoxy groups -OCH3 is 1. The van der Waals surface area contributed by atoms with Crippen LogP contribution >= 0.6 is 11.6 Å². The zero-order chi connectivity index (χ0) is 28.9. The molecule has 1 spiro atoms. The minimum atomic E-state index is -1.23. The van der Waals surface area contributed by atoms with Crippen molar-refractivity contribution in [2.24, 2.45) is 23.7 Å². The van der Waals surface area contributed by atoms with Crippen molar-refractivity contribution in [3.63, 3.8) is 0 Å². The van der Waals surface area contributed by atoms with Crippen molar-refractivity contribution in [2.45, 2.75) is 63.4 Å². The number of nitrogens with zero attached hydrogens (tertiary/aromatic N) is 1. The third-order valence-corrected chi connectivity index (χ3v) is 9.81. The number of halogens is 1. The zero-order valence-electron chi connectivity index (χ0n) is 23.5. The Hall–Kier alpha value is -3.36. The molecule has 41 heavy (non-hydrogen) atoms. The summed E-state index contributed by atoms with van der Waals surface area (Å²) in [6, 6.07) is 13.4. The molecule has 0 radical (unpaired) electrons.